The van der Waals surface area contributed by atoms with Gasteiger partial charge in [-0.05, 0) is 31.5 Å². The predicted molar refractivity (Wildman–Crippen MR) is 60.6 cm³/mol. The third kappa shape index (κ3) is 3.51. The van der Waals surface area contributed by atoms with Crippen LogP contribution in [-0.2, 0) is 11.3 Å². The number of hydrogen-bond acceptors (Lipinski definition) is 2. The molecule has 4 heteroatoms. The van der Waals surface area contributed by atoms with E-state index in [1.54, 1.807) is 17.3 Å². The maximum Gasteiger partial charge on any atom is 0.238 e. The summed E-state index contributed by atoms with van der Waals surface area (Å²) in [6, 6.07) is 3.96. The van der Waals surface area contributed by atoms with Crippen LogP contribution >= 0.6 is 11.6 Å². The Labute approximate surface area is 95.1 Å². The highest BCUT2D eigenvalue weighted by Crippen LogP contribution is 2.08. The van der Waals surface area contributed by atoms with Crippen LogP contribution in [0.2, 0.25) is 0 Å². The van der Waals surface area contributed by atoms with Crippen molar-refractivity contribution in [3.63, 3.8) is 0 Å². The molecule has 0 fully saturated rings. The molecule has 0 atom stereocenters. The van der Waals surface area contributed by atoms with Gasteiger partial charge in [-0.2, -0.15) is 0 Å². The van der Waals surface area contributed by atoms with Gasteiger partial charge in [0.1, 0.15) is 5.88 Å². The Bertz CT molecular complexity index is 314. The molecular weight excluding hydrogens is 212 g/mol. The zero-order valence-corrected chi connectivity index (χ0v) is 9.74. The second kappa shape index (κ2) is 5.71. The average Bonchev–Trinajstić information content (AvgIpc) is 2.26. The Morgan fingerprint density at radius 3 is 2.53 bits per heavy atom. The largest absolute Gasteiger partial charge is 0.335 e. The first-order valence-corrected chi connectivity index (χ1v) is 5.43. The lowest BCUT2D eigenvalue weighted by molar-refractivity contribution is -0.130. The normalized spacial score (nSPS) is 10.4. The van der Waals surface area contributed by atoms with Gasteiger partial charge >= 0.3 is 0 Å². The average molecular weight is 227 g/mol. The van der Waals surface area contributed by atoms with Crippen LogP contribution in [-0.4, -0.2) is 27.7 Å². The molecule has 0 radical (unpaired) electrons. The lowest BCUT2D eigenvalue weighted by Gasteiger charge is -2.26. The number of nitrogens with zero attached hydrogens (tertiary/aromatic N) is 2. The fourth-order valence-corrected chi connectivity index (χ4v) is 1.47. The van der Waals surface area contributed by atoms with Crippen molar-refractivity contribution in [1.82, 2.24) is 9.88 Å². The Morgan fingerprint density at radius 1 is 1.47 bits per heavy atom. The molecule has 0 N–H and O–H groups in total. The minimum atomic E-state index is -0.0384. The molecule has 0 unspecified atom stereocenters. The summed E-state index contributed by atoms with van der Waals surface area (Å²) in [6.07, 6.45) is 3.44. The van der Waals surface area contributed by atoms with Crippen LogP contribution < -0.4 is 0 Å². The third-order valence-electron chi connectivity index (χ3n) is 2.16. The number of amides is 1. The predicted octanol–water partition coefficient (Wildman–Crippen LogP) is 2.06. The summed E-state index contributed by atoms with van der Waals surface area (Å²) in [5, 5.41) is 0. The molecule has 0 aliphatic rings. The van der Waals surface area contributed by atoms with E-state index < -0.39 is 0 Å². The van der Waals surface area contributed by atoms with Crippen LogP contribution in [0.25, 0.3) is 0 Å². The maximum atomic E-state index is 11.5. The van der Waals surface area contributed by atoms with E-state index in [2.05, 4.69) is 4.98 Å². The van der Waals surface area contributed by atoms with E-state index >= 15 is 0 Å². The Hall–Kier alpha value is -1.09. The summed E-state index contributed by atoms with van der Waals surface area (Å²) >= 11 is 5.55. The van der Waals surface area contributed by atoms with Crippen LogP contribution in [0.1, 0.15) is 19.4 Å². The van der Waals surface area contributed by atoms with Gasteiger partial charge in [-0.15, -0.1) is 11.6 Å². The van der Waals surface area contributed by atoms with Crippen molar-refractivity contribution in [2.24, 2.45) is 0 Å². The number of hydrogen-bond donors (Lipinski definition) is 0. The van der Waals surface area contributed by atoms with Crippen molar-refractivity contribution in [3.05, 3.63) is 30.1 Å². The fourth-order valence-electron chi connectivity index (χ4n) is 1.32. The summed E-state index contributed by atoms with van der Waals surface area (Å²) in [4.78, 5) is 17.2. The lowest BCUT2D eigenvalue weighted by atomic mass is 10.2. The second-order valence-electron chi connectivity index (χ2n) is 3.60. The number of carbonyl (C=O) groups is 1. The highest BCUT2D eigenvalue weighted by atomic mass is 35.5. The van der Waals surface area contributed by atoms with E-state index in [0.717, 1.165) is 5.56 Å². The molecule has 1 amide bonds. The van der Waals surface area contributed by atoms with Crippen LogP contribution in [0, 0.1) is 0 Å². The quantitative estimate of drug-likeness (QED) is 0.737. The molecular formula is C11H15ClN2O. The van der Waals surface area contributed by atoms with Gasteiger partial charge in [0, 0.05) is 25.0 Å². The molecule has 1 aromatic heterocycles. The van der Waals surface area contributed by atoms with Crippen molar-refractivity contribution >= 4 is 17.5 Å². The van der Waals surface area contributed by atoms with Crippen molar-refractivity contribution in [3.8, 4) is 0 Å². The van der Waals surface area contributed by atoms with Gasteiger partial charge in [0.2, 0.25) is 5.91 Å². The molecule has 0 saturated heterocycles. The maximum absolute atomic E-state index is 11.5. The number of carbonyl (C=O) groups excluding carboxylic acids is 1. The summed E-state index contributed by atoms with van der Waals surface area (Å²) in [7, 11) is 0. The molecule has 0 aromatic carbocycles. The van der Waals surface area contributed by atoms with Crippen LogP contribution in [0.15, 0.2) is 24.5 Å². The van der Waals surface area contributed by atoms with Crippen LogP contribution in [0.3, 0.4) is 0 Å². The van der Waals surface area contributed by atoms with E-state index in [4.69, 9.17) is 11.6 Å². The lowest BCUT2D eigenvalue weighted by Crippen LogP contribution is -2.37. The highest BCUT2D eigenvalue weighted by Gasteiger charge is 2.15. The van der Waals surface area contributed by atoms with E-state index in [1.165, 1.54) is 0 Å². The Balaban J connectivity index is 2.72. The van der Waals surface area contributed by atoms with Gasteiger partial charge < -0.3 is 4.90 Å². The standard InChI is InChI=1S/C11H15ClN2O/c1-9(2)14(11(15)7-12)8-10-3-5-13-6-4-10/h3-6,9H,7-8H2,1-2H3. The molecule has 0 saturated carbocycles. The monoisotopic (exact) mass is 226 g/mol. The molecule has 0 aliphatic carbocycles. The van der Waals surface area contributed by atoms with Crippen molar-refractivity contribution < 1.29 is 4.79 Å². The first kappa shape index (κ1) is 12.0. The minimum Gasteiger partial charge on any atom is -0.335 e. The molecule has 1 aromatic rings. The van der Waals surface area contributed by atoms with Gasteiger partial charge in [0.25, 0.3) is 0 Å². The van der Waals surface area contributed by atoms with Crippen LogP contribution in [0.5, 0.6) is 0 Å². The zero-order valence-electron chi connectivity index (χ0n) is 8.98. The number of pyridine rings is 1. The summed E-state index contributed by atoms with van der Waals surface area (Å²) < 4.78 is 0. The molecule has 0 aliphatic heterocycles. The second-order valence-corrected chi connectivity index (χ2v) is 3.87. The van der Waals surface area contributed by atoms with Crippen molar-refractivity contribution in [2.45, 2.75) is 26.4 Å². The van der Waals surface area contributed by atoms with E-state index in [1.807, 2.05) is 26.0 Å². The summed E-state index contributed by atoms with van der Waals surface area (Å²) in [5.41, 5.74) is 1.07. The van der Waals surface area contributed by atoms with Crippen molar-refractivity contribution in [1.29, 1.82) is 0 Å². The number of aromatic nitrogens is 1. The number of alkyl halides is 1. The fraction of sp³-hybridized carbons (Fsp3) is 0.455. The Kier molecular flexibility index (Phi) is 4.56. The first-order chi connectivity index (χ1) is 7.15. The zero-order chi connectivity index (χ0) is 11.3. The van der Waals surface area contributed by atoms with Gasteiger partial charge in [0.15, 0.2) is 0 Å². The molecule has 1 heterocycles. The van der Waals surface area contributed by atoms with Crippen LogP contribution in [0.4, 0.5) is 0 Å². The third-order valence-corrected chi connectivity index (χ3v) is 2.39. The van der Waals surface area contributed by atoms with Gasteiger partial charge in [-0.1, -0.05) is 0 Å². The van der Waals surface area contributed by atoms with Gasteiger partial charge in [0.05, 0.1) is 0 Å². The molecule has 15 heavy (non-hydrogen) atoms. The number of rotatable bonds is 4. The first-order valence-electron chi connectivity index (χ1n) is 4.89. The summed E-state index contributed by atoms with van der Waals surface area (Å²) in [6.45, 7) is 4.54. The van der Waals surface area contributed by atoms with E-state index in [0.29, 0.717) is 6.54 Å². The smallest absolute Gasteiger partial charge is 0.238 e. The topological polar surface area (TPSA) is 33.2 Å². The molecule has 1 rings (SSSR count). The Morgan fingerprint density at radius 2 is 2.07 bits per heavy atom. The summed E-state index contributed by atoms with van der Waals surface area (Å²) in [5.74, 6) is -0.00743. The number of halogens is 1. The molecule has 3 nitrogen and oxygen atoms in total. The van der Waals surface area contributed by atoms with Gasteiger partial charge in [-0.25, -0.2) is 0 Å². The SMILES string of the molecule is CC(C)N(Cc1ccncc1)C(=O)CCl. The molecule has 0 bridgehead atoms. The molecule has 0 spiro atoms. The molecule has 82 valence electrons. The van der Waals surface area contributed by atoms with Gasteiger partial charge in [-0.3, -0.25) is 9.78 Å². The minimum absolute atomic E-state index is 0.0310. The van der Waals surface area contributed by atoms with E-state index in [-0.39, 0.29) is 17.8 Å². The highest BCUT2D eigenvalue weighted by molar-refractivity contribution is 6.27. The van der Waals surface area contributed by atoms with Crippen molar-refractivity contribution in [2.75, 3.05) is 5.88 Å². The van der Waals surface area contributed by atoms with E-state index in [9.17, 15) is 4.79 Å².